The van der Waals surface area contributed by atoms with E-state index in [9.17, 15) is 0 Å². The zero-order valence-corrected chi connectivity index (χ0v) is 11.9. The van der Waals surface area contributed by atoms with Gasteiger partial charge in [-0.2, -0.15) is 11.8 Å². The number of benzene rings is 1. The molecule has 0 spiro atoms. The molecule has 1 aromatic rings. The van der Waals surface area contributed by atoms with E-state index < -0.39 is 0 Å². The molecule has 0 aromatic heterocycles. The second-order valence-electron chi connectivity index (χ2n) is 4.42. The van der Waals surface area contributed by atoms with E-state index in [0.29, 0.717) is 19.3 Å². The van der Waals surface area contributed by atoms with Crippen LogP contribution in [0.15, 0.2) is 18.2 Å². The first-order valence-corrected chi connectivity index (χ1v) is 7.64. The first-order valence-electron chi connectivity index (χ1n) is 6.49. The smallest absolute Gasteiger partial charge is 0.161 e. The number of hydrogen-bond donors (Lipinski definition) is 1. The van der Waals surface area contributed by atoms with Crippen molar-refractivity contribution in [2.24, 2.45) is 0 Å². The number of rotatable bonds is 6. The summed E-state index contributed by atoms with van der Waals surface area (Å²) in [5.74, 6) is 4.06. The van der Waals surface area contributed by atoms with Crippen LogP contribution in [-0.2, 0) is 6.54 Å². The third kappa shape index (κ3) is 3.82. The lowest BCUT2D eigenvalue weighted by atomic mass is 10.2. The van der Waals surface area contributed by atoms with Gasteiger partial charge < -0.3 is 14.8 Å². The third-order valence-corrected chi connectivity index (χ3v) is 3.98. The Labute approximate surface area is 113 Å². The van der Waals surface area contributed by atoms with Gasteiger partial charge in [0.1, 0.15) is 13.2 Å². The Morgan fingerprint density at radius 3 is 2.83 bits per heavy atom. The molecule has 1 aliphatic heterocycles. The molecular weight excluding hydrogens is 246 g/mol. The van der Waals surface area contributed by atoms with Crippen molar-refractivity contribution < 1.29 is 9.47 Å². The summed E-state index contributed by atoms with van der Waals surface area (Å²) >= 11 is 1.97. The predicted molar refractivity (Wildman–Crippen MR) is 76.7 cm³/mol. The minimum absolute atomic E-state index is 0.531. The Kier molecular flexibility index (Phi) is 5.20. The molecule has 18 heavy (non-hydrogen) atoms. The maximum atomic E-state index is 5.58. The average Bonchev–Trinajstić information content (AvgIpc) is 2.42. The number of hydrogen-bond acceptors (Lipinski definition) is 4. The normalized spacial score (nSPS) is 15.4. The van der Waals surface area contributed by atoms with Gasteiger partial charge >= 0.3 is 0 Å². The molecule has 0 aliphatic carbocycles. The maximum absolute atomic E-state index is 5.58. The van der Waals surface area contributed by atoms with Crippen LogP contribution in [0.5, 0.6) is 11.5 Å². The summed E-state index contributed by atoms with van der Waals surface area (Å²) in [6, 6.07) is 6.70. The van der Waals surface area contributed by atoms with Crippen LogP contribution in [0.4, 0.5) is 0 Å². The van der Waals surface area contributed by atoms with E-state index in [1.807, 2.05) is 17.8 Å². The summed E-state index contributed by atoms with van der Waals surface area (Å²) < 4.78 is 11.1. The van der Waals surface area contributed by atoms with E-state index in [0.717, 1.165) is 23.8 Å². The SMILES string of the molecule is CCSCC(C)NCc1ccc2c(c1)OCCO2. The summed E-state index contributed by atoms with van der Waals surface area (Å²) in [7, 11) is 0. The van der Waals surface area contributed by atoms with Gasteiger partial charge in [0.05, 0.1) is 0 Å². The van der Waals surface area contributed by atoms with Crippen molar-refractivity contribution in [3.63, 3.8) is 0 Å². The highest BCUT2D eigenvalue weighted by atomic mass is 32.2. The van der Waals surface area contributed by atoms with Gasteiger partial charge in [-0.3, -0.25) is 0 Å². The quantitative estimate of drug-likeness (QED) is 0.858. The van der Waals surface area contributed by atoms with Crippen molar-refractivity contribution in [1.29, 1.82) is 0 Å². The second-order valence-corrected chi connectivity index (χ2v) is 5.74. The summed E-state index contributed by atoms with van der Waals surface area (Å²) in [4.78, 5) is 0. The summed E-state index contributed by atoms with van der Waals surface area (Å²) in [6.07, 6.45) is 0. The molecule has 4 heteroatoms. The largest absolute Gasteiger partial charge is 0.486 e. The summed E-state index contributed by atoms with van der Waals surface area (Å²) in [5.41, 5.74) is 1.24. The van der Waals surface area contributed by atoms with Gasteiger partial charge in [0.25, 0.3) is 0 Å². The molecule has 1 heterocycles. The highest BCUT2D eigenvalue weighted by molar-refractivity contribution is 7.99. The average molecular weight is 267 g/mol. The zero-order chi connectivity index (χ0) is 12.8. The van der Waals surface area contributed by atoms with Crippen LogP contribution >= 0.6 is 11.8 Å². The van der Waals surface area contributed by atoms with Crippen LogP contribution in [0.25, 0.3) is 0 Å². The Bertz CT molecular complexity index is 384. The highest BCUT2D eigenvalue weighted by Crippen LogP contribution is 2.30. The minimum atomic E-state index is 0.531. The van der Waals surface area contributed by atoms with Crippen molar-refractivity contribution in [2.45, 2.75) is 26.4 Å². The number of thioether (sulfide) groups is 1. The Morgan fingerprint density at radius 2 is 2.06 bits per heavy atom. The molecule has 0 saturated heterocycles. The first kappa shape index (κ1) is 13.6. The molecular formula is C14H21NO2S. The van der Waals surface area contributed by atoms with Crippen molar-refractivity contribution in [3.05, 3.63) is 23.8 Å². The third-order valence-electron chi connectivity index (χ3n) is 2.83. The molecule has 100 valence electrons. The maximum Gasteiger partial charge on any atom is 0.161 e. The van der Waals surface area contributed by atoms with Gasteiger partial charge in [0.2, 0.25) is 0 Å². The topological polar surface area (TPSA) is 30.5 Å². The van der Waals surface area contributed by atoms with Crippen molar-refractivity contribution in [1.82, 2.24) is 5.32 Å². The van der Waals surface area contributed by atoms with Gasteiger partial charge in [0.15, 0.2) is 11.5 Å². The van der Waals surface area contributed by atoms with E-state index in [-0.39, 0.29) is 0 Å². The van der Waals surface area contributed by atoms with E-state index in [2.05, 4.69) is 31.3 Å². The second kappa shape index (κ2) is 6.90. The molecule has 2 rings (SSSR count). The summed E-state index contributed by atoms with van der Waals surface area (Å²) in [5, 5.41) is 3.52. The molecule has 0 amide bonds. The Hall–Kier alpha value is -0.870. The highest BCUT2D eigenvalue weighted by Gasteiger charge is 2.11. The van der Waals surface area contributed by atoms with Gasteiger partial charge in [-0.05, 0) is 30.4 Å². The van der Waals surface area contributed by atoms with Crippen molar-refractivity contribution in [2.75, 3.05) is 24.7 Å². The van der Waals surface area contributed by atoms with E-state index in [1.54, 1.807) is 0 Å². The molecule has 1 aliphatic rings. The molecule has 0 radical (unpaired) electrons. The molecule has 1 N–H and O–H groups in total. The van der Waals surface area contributed by atoms with E-state index >= 15 is 0 Å². The molecule has 1 atom stereocenters. The van der Waals surface area contributed by atoms with Crippen LogP contribution in [0.3, 0.4) is 0 Å². The zero-order valence-electron chi connectivity index (χ0n) is 11.1. The van der Waals surface area contributed by atoms with Gasteiger partial charge in [-0.25, -0.2) is 0 Å². The molecule has 1 aromatic carbocycles. The molecule has 1 unspecified atom stereocenters. The minimum Gasteiger partial charge on any atom is -0.486 e. The molecule has 0 bridgehead atoms. The standard InChI is InChI=1S/C14H21NO2S/c1-3-18-10-11(2)15-9-12-4-5-13-14(8-12)17-7-6-16-13/h4-5,8,11,15H,3,6-7,9-10H2,1-2H3. The van der Waals surface area contributed by atoms with E-state index in [1.165, 1.54) is 11.3 Å². The van der Waals surface area contributed by atoms with Crippen LogP contribution in [0.2, 0.25) is 0 Å². The van der Waals surface area contributed by atoms with Gasteiger partial charge in [-0.15, -0.1) is 0 Å². The fourth-order valence-corrected chi connectivity index (χ4v) is 2.55. The van der Waals surface area contributed by atoms with E-state index in [4.69, 9.17) is 9.47 Å². The first-order chi connectivity index (χ1) is 8.79. The van der Waals surface area contributed by atoms with Crippen molar-refractivity contribution >= 4 is 11.8 Å². The van der Waals surface area contributed by atoms with Crippen molar-refractivity contribution in [3.8, 4) is 11.5 Å². The van der Waals surface area contributed by atoms with Crippen LogP contribution < -0.4 is 14.8 Å². The fraction of sp³-hybridized carbons (Fsp3) is 0.571. The lowest BCUT2D eigenvalue weighted by Gasteiger charge is -2.19. The number of fused-ring (bicyclic) bond motifs is 1. The number of ether oxygens (including phenoxy) is 2. The van der Waals surface area contributed by atoms with Crippen LogP contribution in [-0.4, -0.2) is 30.8 Å². The molecule has 0 fully saturated rings. The Morgan fingerprint density at radius 1 is 1.28 bits per heavy atom. The lowest BCUT2D eigenvalue weighted by Crippen LogP contribution is -2.27. The number of nitrogens with one attached hydrogen (secondary N) is 1. The predicted octanol–water partition coefficient (Wildman–Crippen LogP) is 2.69. The van der Waals surface area contributed by atoms with Gasteiger partial charge in [-0.1, -0.05) is 13.0 Å². The Balaban J connectivity index is 1.86. The van der Waals surface area contributed by atoms with Crippen LogP contribution in [0, 0.1) is 0 Å². The molecule has 0 saturated carbocycles. The summed E-state index contributed by atoms with van der Waals surface area (Å²) in [6.45, 7) is 6.59. The van der Waals surface area contributed by atoms with Gasteiger partial charge in [0, 0.05) is 18.3 Å². The molecule has 3 nitrogen and oxygen atoms in total. The lowest BCUT2D eigenvalue weighted by molar-refractivity contribution is 0.171. The van der Waals surface area contributed by atoms with Crippen LogP contribution in [0.1, 0.15) is 19.4 Å². The monoisotopic (exact) mass is 267 g/mol. The fourth-order valence-electron chi connectivity index (χ4n) is 1.84.